The number of imidazole rings is 1. The number of furan rings is 1. The number of hydrogen-bond donors (Lipinski definition) is 1. The quantitative estimate of drug-likeness (QED) is 0.402. The van der Waals surface area contributed by atoms with E-state index in [1.165, 1.54) is 42.3 Å². The Hall–Kier alpha value is -3.20. The largest absolute Gasteiger partial charge is 0.433 e. The molecule has 0 radical (unpaired) electrons. The molecule has 28 heavy (non-hydrogen) atoms. The molecule has 2 aromatic heterocycles. The zero-order valence-electron chi connectivity index (χ0n) is 15.5. The summed E-state index contributed by atoms with van der Waals surface area (Å²) < 4.78 is 8.59. The SMILES string of the molecule is N=c1n(CCN2CCCCC2)c2ccccc2n1N=Cc1ccc([N+](=O)[O-])o1. The van der Waals surface area contributed by atoms with E-state index in [4.69, 9.17) is 9.83 Å². The zero-order valence-corrected chi connectivity index (χ0v) is 15.5. The Labute approximate surface area is 161 Å². The van der Waals surface area contributed by atoms with Gasteiger partial charge in [0.1, 0.15) is 4.92 Å². The molecule has 146 valence electrons. The summed E-state index contributed by atoms with van der Waals surface area (Å²) in [5.74, 6) is -0.0646. The topological polar surface area (TPSA) is 106 Å². The average molecular weight is 382 g/mol. The maximum atomic E-state index is 10.7. The Morgan fingerprint density at radius 2 is 1.86 bits per heavy atom. The number of nitrogens with zero attached hydrogens (tertiary/aromatic N) is 5. The van der Waals surface area contributed by atoms with Crippen molar-refractivity contribution in [2.24, 2.45) is 5.10 Å². The summed E-state index contributed by atoms with van der Waals surface area (Å²) in [6.45, 7) is 3.84. The number of benzene rings is 1. The molecule has 9 nitrogen and oxygen atoms in total. The molecule has 0 bridgehead atoms. The average Bonchev–Trinajstić information content (AvgIpc) is 3.29. The second-order valence-corrected chi connectivity index (χ2v) is 6.86. The third kappa shape index (κ3) is 3.61. The van der Waals surface area contributed by atoms with Gasteiger partial charge in [0, 0.05) is 13.1 Å². The summed E-state index contributed by atoms with van der Waals surface area (Å²) >= 11 is 0. The molecule has 0 saturated carbocycles. The number of para-hydroxylation sites is 2. The van der Waals surface area contributed by atoms with Crippen LogP contribution in [0.25, 0.3) is 11.0 Å². The van der Waals surface area contributed by atoms with Gasteiger partial charge in [0.05, 0.1) is 23.3 Å². The van der Waals surface area contributed by atoms with E-state index < -0.39 is 4.92 Å². The number of fused-ring (bicyclic) bond motifs is 1. The highest BCUT2D eigenvalue weighted by atomic mass is 16.6. The summed E-state index contributed by atoms with van der Waals surface area (Å²) in [7, 11) is 0. The van der Waals surface area contributed by atoms with Crippen LogP contribution in [-0.2, 0) is 6.54 Å². The molecule has 0 aliphatic carbocycles. The van der Waals surface area contributed by atoms with Gasteiger partial charge < -0.3 is 13.9 Å². The number of piperidine rings is 1. The van der Waals surface area contributed by atoms with Crippen LogP contribution in [0.1, 0.15) is 25.0 Å². The standard InChI is InChI=1S/C19H22N6O3/c20-19-23(13-12-22-10-4-1-5-11-22)16-6-2-3-7-17(16)24(19)21-14-15-8-9-18(28-15)25(26)27/h2-3,6-9,14,20H,1,4-5,10-13H2. The van der Waals surface area contributed by atoms with Gasteiger partial charge in [0.15, 0.2) is 5.76 Å². The van der Waals surface area contributed by atoms with E-state index >= 15 is 0 Å². The highest BCUT2D eigenvalue weighted by Gasteiger charge is 2.14. The summed E-state index contributed by atoms with van der Waals surface area (Å²) in [6, 6.07) is 10.5. The van der Waals surface area contributed by atoms with Gasteiger partial charge in [-0.05, 0) is 44.1 Å². The number of nitrogens with one attached hydrogen (secondary N) is 1. The van der Waals surface area contributed by atoms with Crippen LogP contribution < -0.4 is 5.62 Å². The summed E-state index contributed by atoms with van der Waals surface area (Å²) in [4.78, 5) is 12.6. The third-order valence-electron chi connectivity index (χ3n) is 5.04. The van der Waals surface area contributed by atoms with Crippen molar-refractivity contribution in [3.63, 3.8) is 0 Å². The first kappa shape index (κ1) is 18.2. The molecular weight excluding hydrogens is 360 g/mol. The van der Waals surface area contributed by atoms with E-state index in [1.54, 1.807) is 0 Å². The van der Waals surface area contributed by atoms with Crippen molar-refractivity contribution in [2.45, 2.75) is 25.8 Å². The lowest BCUT2D eigenvalue weighted by Gasteiger charge is -2.26. The second-order valence-electron chi connectivity index (χ2n) is 6.86. The molecule has 9 heteroatoms. The first-order valence-electron chi connectivity index (χ1n) is 9.39. The van der Waals surface area contributed by atoms with Gasteiger partial charge in [-0.2, -0.15) is 9.78 Å². The highest BCUT2D eigenvalue weighted by Crippen LogP contribution is 2.16. The maximum Gasteiger partial charge on any atom is 0.433 e. The number of hydrogen-bond acceptors (Lipinski definition) is 6. The van der Waals surface area contributed by atoms with Gasteiger partial charge in [0.2, 0.25) is 5.62 Å². The molecule has 4 rings (SSSR count). The van der Waals surface area contributed by atoms with Crippen LogP contribution >= 0.6 is 0 Å². The van der Waals surface area contributed by atoms with E-state index in [0.717, 1.165) is 30.7 Å². The molecule has 0 unspecified atom stereocenters. The summed E-state index contributed by atoms with van der Waals surface area (Å²) in [5.41, 5.74) is 2.01. The maximum absolute atomic E-state index is 10.7. The monoisotopic (exact) mass is 382 g/mol. The molecule has 0 atom stereocenters. The van der Waals surface area contributed by atoms with E-state index in [0.29, 0.717) is 6.54 Å². The Bertz CT molecular complexity index is 1070. The van der Waals surface area contributed by atoms with Gasteiger partial charge in [0.25, 0.3) is 0 Å². The van der Waals surface area contributed by atoms with Crippen LogP contribution in [-0.4, -0.2) is 44.9 Å². The molecular formula is C19H22N6O3. The first-order chi connectivity index (χ1) is 13.6. The van der Waals surface area contributed by atoms with Gasteiger partial charge in [-0.25, -0.2) is 0 Å². The van der Waals surface area contributed by atoms with Crippen LogP contribution in [0.4, 0.5) is 5.88 Å². The molecule has 1 aliphatic rings. The molecule has 0 spiro atoms. The van der Waals surface area contributed by atoms with Crippen molar-refractivity contribution in [3.05, 3.63) is 57.9 Å². The van der Waals surface area contributed by atoms with Gasteiger partial charge in [-0.1, -0.05) is 18.6 Å². The Morgan fingerprint density at radius 1 is 1.11 bits per heavy atom. The number of rotatable bonds is 6. The zero-order chi connectivity index (χ0) is 19.5. The fourth-order valence-corrected chi connectivity index (χ4v) is 3.61. The smallest absolute Gasteiger partial charge is 0.400 e. The molecule has 3 heterocycles. The lowest BCUT2D eigenvalue weighted by atomic mass is 10.1. The van der Waals surface area contributed by atoms with Crippen LogP contribution in [0.5, 0.6) is 0 Å². The molecule has 0 amide bonds. The second kappa shape index (κ2) is 7.81. The van der Waals surface area contributed by atoms with Crippen molar-refractivity contribution in [2.75, 3.05) is 19.6 Å². The van der Waals surface area contributed by atoms with Crippen LogP contribution in [0.3, 0.4) is 0 Å². The van der Waals surface area contributed by atoms with Gasteiger partial charge >= 0.3 is 5.88 Å². The lowest BCUT2D eigenvalue weighted by Crippen LogP contribution is -2.34. The molecule has 1 N–H and O–H groups in total. The number of likely N-dealkylation sites (tertiary alicyclic amines) is 1. The van der Waals surface area contributed by atoms with Crippen molar-refractivity contribution < 1.29 is 9.34 Å². The third-order valence-corrected chi connectivity index (χ3v) is 5.04. The Balaban J connectivity index is 1.62. The number of nitro groups is 1. The van der Waals surface area contributed by atoms with E-state index in [-0.39, 0.29) is 17.3 Å². The van der Waals surface area contributed by atoms with E-state index in [9.17, 15) is 10.1 Å². The number of aromatic nitrogens is 2. The predicted octanol–water partition coefficient (Wildman–Crippen LogP) is 2.79. The fourth-order valence-electron chi connectivity index (χ4n) is 3.61. The molecule has 1 aliphatic heterocycles. The minimum Gasteiger partial charge on any atom is -0.400 e. The van der Waals surface area contributed by atoms with Crippen LogP contribution in [0.15, 0.2) is 45.9 Å². The van der Waals surface area contributed by atoms with E-state index in [1.807, 2.05) is 28.8 Å². The normalized spacial score (nSPS) is 15.6. The van der Waals surface area contributed by atoms with Crippen molar-refractivity contribution in [1.29, 1.82) is 5.41 Å². The highest BCUT2D eigenvalue weighted by molar-refractivity contribution is 5.79. The Kier molecular flexibility index (Phi) is 5.07. The van der Waals surface area contributed by atoms with Gasteiger partial charge in [-0.15, -0.1) is 0 Å². The summed E-state index contributed by atoms with van der Waals surface area (Å²) in [6.07, 6.45) is 5.16. The molecule has 1 saturated heterocycles. The minimum absolute atomic E-state index is 0.260. The fraction of sp³-hybridized carbons (Fsp3) is 0.368. The molecule has 1 aromatic carbocycles. The first-order valence-corrected chi connectivity index (χ1v) is 9.39. The van der Waals surface area contributed by atoms with E-state index in [2.05, 4.69) is 10.0 Å². The van der Waals surface area contributed by atoms with Gasteiger partial charge in [-0.3, -0.25) is 15.5 Å². The van der Waals surface area contributed by atoms with Crippen molar-refractivity contribution >= 4 is 23.1 Å². The van der Waals surface area contributed by atoms with Crippen LogP contribution in [0, 0.1) is 15.5 Å². The molecule has 1 fully saturated rings. The summed E-state index contributed by atoms with van der Waals surface area (Å²) in [5, 5.41) is 23.7. The van der Waals surface area contributed by atoms with Crippen LogP contribution in [0.2, 0.25) is 0 Å². The predicted molar refractivity (Wildman–Crippen MR) is 104 cm³/mol. The van der Waals surface area contributed by atoms with Crippen molar-refractivity contribution in [3.8, 4) is 0 Å². The molecule has 3 aromatic rings. The lowest BCUT2D eigenvalue weighted by molar-refractivity contribution is -0.402. The minimum atomic E-state index is -0.590. The Morgan fingerprint density at radius 3 is 2.57 bits per heavy atom. The van der Waals surface area contributed by atoms with Crippen molar-refractivity contribution in [1.82, 2.24) is 14.1 Å².